The fourth-order valence-electron chi connectivity index (χ4n) is 4.24. The van der Waals surface area contributed by atoms with Crippen LogP contribution in [-0.4, -0.2) is 26.2 Å². The van der Waals surface area contributed by atoms with Crippen molar-refractivity contribution in [2.75, 3.05) is 11.1 Å². The number of fused-ring (bicyclic) bond motifs is 3. The van der Waals surface area contributed by atoms with Gasteiger partial charge in [-0.05, 0) is 43.9 Å². The number of aryl methyl sites for hydroxylation is 2. The van der Waals surface area contributed by atoms with E-state index >= 15 is 0 Å². The van der Waals surface area contributed by atoms with E-state index in [1.165, 1.54) is 0 Å². The molecule has 0 bridgehead atoms. The average Bonchev–Trinajstić information content (AvgIpc) is 3.29. The summed E-state index contributed by atoms with van der Waals surface area (Å²) in [6.45, 7) is 1.88. The molecule has 2 aliphatic rings. The van der Waals surface area contributed by atoms with Crippen molar-refractivity contribution in [2.24, 2.45) is 0 Å². The highest BCUT2D eigenvalue weighted by Crippen LogP contribution is 2.34. The molecule has 0 fully saturated rings. The number of thioether (sulfide) groups is 1. The maximum Gasteiger partial charge on any atom is 0.257 e. The lowest BCUT2D eigenvalue weighted by molar-refractivity contribution is -0.116. The number of pyridine rings is 1. The predicted octanol–water partition coefficient (Wildman–Crippen LogP) is 2.56. The first-order valence-electron chi connectivity index (χ1n) is 9.70. The van der Waals surface area contributed by atoms with Crippen molar-refractivity contribution < 1.29 is 4.79 Å². The maximum atomic E-state index is 12.9. The Morgan fingerprint density at radius 3 is 3.03 bits per heavy atom. The number of carbonyl (C=O) groups is 1. The van der Waals surface area contributed by atoms with Crippen LogP contribution in [0.2, 0.25) is 0 Å². The number of amides is 1. The van der Waals surface area contributed by atoms with Crippen molar-refractivity contribution in [3.8, 4) is 0 Å². The lowest BCUT2D eigenvalue weighted by Crippen LogP contribution is -2.30. The zero-order valence-corrected chi connectivity index (χ0v) is 16.8. The first-order chi connectivity index (χ1) is 14.0. The molecule has 1 amide bonds. The topological polar surface area (TPSA) is 96.8 Å². The Morgan fingerprint density at radius 2 is 2.17 bits per heavy atom. The number of nitrogens with one attached hydrogen (secondary N) is 2. The smallest absolute Gasteiger partial charge is 0.257 e. The summed E-state index contributed by atoms with van der Waals surface area (Å²) < 4.78 is 1.70. The molecule has 8 heteroatoms. The van der Waals surface area contributed by atoms with Crippen LogP contribution in [0.1, 0.15) is 35.7 Å². The number of carbonyl (C=O) groups excluding carboxylic acids is 1. The van der Waals surface area contributed by atoms with E-state index in [9.17, 15) is 14.4 Å². The zero-order valence-electron chi connectivity index (χ0n) is 15.9. The van der Waals surface area contributed by atoms with Gasteiger partial charge in [-0.15, -0.1) is 0 Å². The third kappa shape index (κ3) is 3.17. The Hall–Kier alpha value is -2.87. The second-order valence-electron chi connectivity index (χ2n) is 7.64. The van der Waals surface area contributed by atoms with Crippen LogP contribution in [0.25, 0.3) is 10.9 Å². The second kappa shape index (κ2) is 6.88. The summed E-state index contributed by atoms with van der Waals surface area (Å²) in [5, 5.41) is 4.57. The number of benzene rings is 1. The summed E-state index contributed by atoms with van der Waals surface area (Å²) in [6, 6.07) is 6.83. The first kappa shape index (κ1) is 18.2. The number of hydrogen-bond donors (Lipinski definition) is 2. The molecule has 7 nitrogen and oxygen atoms in total. The van der Waals surface area contributed by atoms with Crippen LogP contribution in [0.15, 0.2) is 39.0 Å². The molecule has 1 unspecified atom stereocenters. The highest BCUT2D eigenvalue weighted by molar-refractivity contribution is 7.99. The van der Waals surface area contributed by atoms with Crippen molar-refractivity contribution >= 4 is 34.3 Å². The molecule has 0 radical (unpaired) electrons. The second-order valence-corrected chi connectivity index (χ2v) is 8.63. The molecule has 1 atom stereocenters. The number of H-pyrrole nitrogens is 1. The first-order valence-corrected chi connectivity index (χ1v) is 10.7. The largest absolute Gasteiger partial charge is 0.326 e. The van der Waals surface area contributed by atoms with E-state index in [-0.39, 0.29) is 29.5 Å². The number of hydrogen-bond acceptors (Lipinski definition) is 5. The fourth-order valence-corrected chi connectivity index (χ4v) is 5.40. The van der Waals surface area contributed by atoms with E-state index in [0.29, 0.717) is 17.0 Å². The highest BCUT2D eigenvalue weighted by Gasteiger charge is 2.31. The van der Waals surface area contributed by atoms with E-state index in [2.05, 4.69) is 15.3 Å². The Labute approximate surface area is 170 Å². The minimum atomic E-state index is -0.191. The van der Waals surface area contributed by atoms with Gasteiger partial charge in [-0.25, -0.2) is 4.98 Å². The number of rotatable bonds is 3. The summed E-state index contributed by atoms with van der Waals surface area (Å²) in [7, 11) is 0. The van der Waals surface area contributed by atoms with E-state index < -0.39 is 0 Å². The summed E-state index contributed by atoms with van der Waals surface area (Å²) in [5.41, 5.74) is 3.79. The van der Waals surface area contributed by atoms with Crippen molar-refractivity contribution in [3.63, 3.8) is 0 Å². The number of nitrogens with zero attached hydrogens (tertiary/aromatic N) is 2. The zero-order chi connectivity index (χ0) is 20.1. The molecular weight excluding hydrogens is 388 g/mol. The van der Waals surface area contributed by atoms with Gasteiger partial charge >= 0.3 is 0 Å². The van der Waals surface area contributed by atoms with Crippen LogP contribution in [0, 0.1) is 6.92 Å². The molecule has 5 rings (SSSR count). The number of aromatic amines is 1. The molecule has 0 saturated heterocycles. The molecule has 1 aromatic carbocycles. The van der Waals surface area contributed by atoms with Crippen LogP contribution in [0.3, 0.4) is 0 Å². The third-order valence-electron chi connectivity index (χ3n) is 5.63. The lowest BCUT2D eigenvalue weighted by Gasteiger charge is -2.14. The molecule has 29 heavy (non-hydrogen) atoms. The van der Waals surface area contributed by atoms with Crippen LogP contribution >= 0.6 is 11.8 Å². The van der Waals surface area contributed by atoms with Gasteiger partial charge in [-0.1, -0.05) is 17.8 Å². The number of aromatic nitrogens is 3. The van der Waals surface area contributed by atoms with Gasteiger partial charge in [0.15, 0.2) is 5.16 Å². The van der Waals surface area contributed by atoms with Crippen LogP contribution in [0.4, 0.5) is 5.69 Å². The van der Waals surface area contributed by atoms with E-state index in [1.54, 1.807) is 28.5 Å². The molecule has 1 aliphatic carbocycles. The van der Waals surface area contributed by atoms with Crippen molar-refractivity contribution in [3.05, 3.63) is 61.8 Å². The molecule has 1 aliphatic heterocycles. The predicted molar refractivity (Wildman–Crippen MR) is 113 cm³/mol. The van der Waals surface area contributed by atoms with Gasteiger partial charge in [0.05, 0.1) is 17.3 Å². The van der Waals surface area contributed by atoms with Gasteiger partial charge < -0.3 is 10.3 Å². The monoisotopic (exact) mass is 408 g/mol. The van der Waals surface area contributed by atoms with Gasteiger partial charge in [0.2, 0.25) is 11.5 Å². The molecule has 2 aromatic heterocycles. The van der Waals surface area contributed by atoms with Crippen molar-refractivity contribution in [2.45, 2.75) is 43.8 Å². The molecule has 3 heterocycles. The summed E-state index contributed by atoms with van der Waals surface area (Å²) in [4.78, 5) is 44.7. The highest BCUT2D eigenvalue weighted by atomic mass is 32.2. The molecule has 0 spiro atoms. The van der Waals surface area contributed by atoms with E-state index in [1.807, 2.05) is 19.1 Å². The molecule has 2 N–H and O–H groups in total. The lowest BCUT2D eigenvalue weighted by atomic mass is 10.1. The third-order valence-corrected chi connectivity index (χ3v) is 6.72. The quantitative estimate of drug-likeness (QED) is 0.649. The van der Waals surface area contributed by atoms with E-state index in [0.717, 1.165) is 46.6 Å². The Morgan fingerprint density at radius 1 is 1.31 bits per heavy atom. The molecule has 0 saturated carbocycles. The average molecular weight is 408 g/mol. The molecular formula is C21H20N4O3S. The fraction of sp³-hybridized carbons (Fsp3) is 0.333. The molecule has 3 aromatic rings. The van der Waals surface area contributed by atoms with Crippen molar-refractivity contribution in [1.29, 1.82) is 0 Å². The van der Waals surface area contributed by atoms with Gasteiger partial charge in [0.25, 0.3) is 5.56 Å². The van der Waals surface area contributed by atoms with Gasteiger partial charge in [-0.3, -0.25) is 19.0 Å². The van der Waals surface area contributed by atoms with E-state index in [4.69, 9.17) is 0 Å². The standard InChI is InChI=1S/C21H20N4O3S/c1-11-7-18(26)23-17-8-12(5-6-14(11)17)22-19(27)9-13-10-29-21-24-16-4-2-3-15(16)20(28)25(13)21/h5-8,13H,2-4,9-10H2,1H3,(H,22,27)(H,23,26). The maximum absolute atomic E-state index is 12.9. The van der Waals surface area contributed by atoms with Gasteiger partial charge in [-0.2, -0.15) is 0 Å². The number of anilines is 1. The van der Waals surface area contributed by atoms with Crippen LogP contribution in [-0.2, 0) is 17.6 Å². The summed E-state index contributed by atoms with van der Waals surface area (Å²) in [6.07, 6.45) is 2.83. The Balaban J connectivity index is 1.37. The Bertz CT molecular complexity index is 1280. The summed E-state index contributed by atoms with van der Waals surface area (Å²) in [5.74, 6) is 0.508. The van der Waals surface area contributed by atoms with Crippen LogP contribution in [0.5, 0.6) is 0 Å². The van der Waals surface area contributed by atoms with Crippen LogP contribution < -0.4 is 16.4 Å². The Kier molecular flexibility index (Phi) is 4.31. The SMILES string of the molecule is Cc1cc(=O)[nH]c2cc(NC(=O)CC3CSc4nc5c(c(=O)n43)CCC5)ccc12. The minimum Gasteiger partial charge on any atom is -0.326 e. The van der Waals surface area contributed by atoms with Crippen molar-refractivity contribution in [1.82, 2.24) is 14.5 Å². The van der Waals surface area contributed by atoms with Gasteiger partial charge in [0.1, 0.15) is 0 Å². The molecule has 148 valence electrons. The minimum absolute atomic E-state index is 0.0176. The normalized spacial score (nSPS) is 17.3. The summed E-state index contributed by atoms with van der Waals surface area (Å²) >= 11 is 1.54. The van der Waals surface area contributed by atoms with Gasteiger partial charge in [0, 0.05) is 34.9 Å².